The van der Waals surface area contributed by atoms with E-state index < -0.39 is 12.1 Å². The van der Waals surface area contributed by atoms with E-state index in [0.717, 1.165) is 10.6 Å². The van der Waals surface area contributed by atoms with Gasteiger partial charge in [0.05, 0.1) is 0 Å². The zero-order chi connectivity index (χ0) is 20.3. The largest absolute Gasteiger partial charge is 0.353 e. The number of nitrogens with one attached hydrogen (secondary N) is 3. The number of anilines is 2. The number of para-hydroxylation sites is 2. The van der Waals surface area contributed by atoms with E-state index in [1.165, 1.54) is 0 Å². The molecule has 0 spiro atoms. The van der Waals surface area contributed by atoms with E-state index in [9.17, 15) is 9.59 Å². The molecule has 0 aromatic heterocycles. The van der Waals surface area contributed by atoms with Crippen LogP contribution in [0.1, 0.15) is 5.56 Å². The Morgan fingerprint density at radius 2 is 1.24 bits per heavy atom. The first-order chi connectivity index (χ1) is 14.2. The number of hydrogen-bond acceptors (Lipinski definition) is 2. The second kappa shape index (κ2) is 10.2. The zero-order valence-corrected chi connectivity index (χ0v) is 15.6. The number of hydrazine groups is 1. The monoisotopic (exact) mass is 384 g/mol. The van der Waals surface area contributed by atoms with Crippen molar-refractivity contribution >= 4 is 23.4 Å². The molecule has 0 aliphatic rings. The minimum atomic E-state index is -0.576. The summed E-state index contributed by atoms with van der Waals surface area (Å²) in [7, 11) is 0. The van der Waals surface area contributed by atoms with Gasteiger partial charge in [-0.05, 0) is 29.8 Å². The highest BCUT2D eigenvalue weighted by atomic mass is 16.2. The van der Waals surface area contributed by atoms with E-state index in [1.54, 1.807) is 48.5 Å². The summed E-state index contributed by atoms with van der Waals surface area (Å²) >= 11 is 0. The fraction of sp³-hybridized carbons (Fsp3) is 0.0435. The van der Waals surface area contributed by atoms with Crippen molar-refractivity contribution in [1.82, 2.24) is 10.4 Å². The summed E-state index contributed by atoms with van der Waals surface area (Å²) in [4.78, 5) is 24.9. The van der Waals surface area contributed by atoms with Crippen molar-refractivity contribution in [3.05, 3.63) is 96.6 Å². The first-order valence-electron chi connectivity index (χ1n) is 9.02. The molecule has 0 saturated carbocycles. The van der Waals surface area contributed by atoms with Gasteiger partial charge in [-0.25, -0.2) is 15.0 Å². The smallest absolute Gasteiger partial charge is 0.307 e. The third-order valence-electron chi connectivity index (χ3n) is 3.80. The lowest BCUT2D eigenvalue weighted by molar-refractivity contribution is 0.208. The molecule has 6 nitrogen and oxygen atoms in total. The van der Waals surface area contributed by atoms with Gasteiger partial charge in [0.15, 0.2) is 0 Å². The average molecular weight is 384 g/mol. The van der Waals surface area contributed by atoms with Crippen LogP contribution in [0, 0.1) is 12.0 Å². The number of nitrogens with zero attached hydrogens (tertiary/aromatic N) is 1. The molecule has 6 heteroatoms. The van der Waals surface area contributed by atoms with Crippen molar-refractivity contribution in [3.63, 3.8) is 0 Å². The fourth-order valence-electron chi connectivity index (χ4n) is 2.43. The molecule has 0 atom stereocenters. The van der Waals surface area contributed by atoms with Gasteiger partial charge in [-0.1, -0.05) is 72.7 Å². The summed E-state index contributed by atoms with van der Waals surface area (Å²) in [6, 6.07) is 29.1. The van der Waals surface area contributed by atoms with Crippen LogP contribution in [0.3, 0.4) is 0 Å². The first kappa shape index (κ1) is 19.5. The van der Waals surface area contributed by atoms with Gasteiger partial charge in [-0.15, -0.1) is 0 Å². The second-order valence-electron chi connectivity index (χ2n) is 6.01. The predicted octanol–water partition coefficient (Wildman–Crippen LogP) is 4.46. The summed E-state index contributed by atoms with van der Waals surface area (Å²) in [5.74, 6) is 2.91. The number of carbonyl (C=O) groups is 2. The molecule has 0 saturated heterocycles. The van der Waals surface area contributed by atoms with Gasteiger partial charge in [0.25, 0.3) is 0 Å². The molecule has 4 amide bonds. The van der Waals surface area contributed by atoms with E-state index in [4.69, 9.17) is 0 Å². The number of carbonyl (C=O) groups excluding carboxylic acids is 2. The quantitative estimate of drug-likeness (QED) is 0.354. The molecule has 3 N–H and O–H groups in total. The van der Waals surface area contributed by atoms with Crippen LogP contribution in [0.2, 0.25) is 0 Å². The van der Waals surface area contributed by atoms with Crippen LogP contribution in [0.15, 0.2) is 91.0 Å². The van der Waals surface area contributed by atoms with Crippen LogP contribution in [-0.2, 0) is 6.42 Å². The Morgan fingerprint density at radius 3 is 1.83 bits per heavy atom. The van der Waals surface area contributed by atoms with Gasteiger partial charge in [0, 0.05) is 23.8 Å². The van der Waals surface area contributed by atoms with Crippen molar-refractivity contribution < 1.29 is 9.59 Å². The molecular formula is C23H20N4O2. The highest BCUT2D eigenvalue weighted by Gasteiger charge is 2.15. The Bertz CT molecular complexity index is 997. The van der Waals surface area contributed by atoms with Crippen LogP contribution < -0.4 is 16.1 Å². The lowest BCUT2D eigenvalue weighted by Crippen LogP contribution is -2.47. The van der Waals surface area contributed by atoms with Gasteiger partial charge in [-0.3, -0.25) is 0 Å². The molecule has 29 heavy (non-hydrogen) atoms. The molecule has 144 valence electrons. The van der Waals surface area contributed by atoms with Gasteiger partial charge in [0.2, 0.25) is 0 Å². The Kier molecular flexibility index (Phi) is 6.86. The average Bonchev–Trinajstić information content (AvgIpc) is 2.75. The van der Waals surface area contributed by atoms with E-state index in [-0.39, 0.29) is 0 Å². The normalized spacial score (nSPS) is 9.52. The summed E-state index contributed by atoms with van der Waals surface area (Å²) in [6.45, 7) is 0. The maximum Gasteiger partial charge on any atom is 0.353 e. The Balaban J connectivity index is 1.69. The van der Waals surface area contributed by atoms with Gasteiger partial charge >= 0.3 is 12.1 Å². The lowest BCUT2D eigenvalue weighted by atomic mass is 10.2. The maximum absolute atomic E-state index is 12.6. The Morgan fingerprint density at radius 1 is 0.724 bits per heavy atom. The molecule has 3 aromatic carbocycles. The third kappa shape index (κ3) is 6.45. The topological polar surface area (TPSA) is 73.5 Å². The molecule has 0 aliphatic carbocycles. The molecule has 3 aromatic rings. The van der Waals surface area contributed by atoms with Crippen LogP contribution in [0.25, 0.3) is 0 Å². The number of urea groups is 2. The van der Waals surface area contributed by atoms with Crippen LogP contribution in [0.4, 0.5) is 21.0 Å². The molecule has 0 bridgehead atoms. The van der Waals surface area contributed by atoms with Crippen molar-refractivity contribution in [1.29, 1.82) is 0 Å². The molecule has 0 radical (unpaired) electrons. The molecule has 3 rings (SSSR count). The molecular weight excluding hydrogens is 364 g/mol. The van der Waals surface area contributed by atoms with E-state index in [1.807, 2.05) is 42.5 Å². The number of hydrogen-bond donors (Lipinski definition) is 3. The fourth-order valence-corrected chi connectivity index (χ4v) is 2.43. The zero-order valence-electron chi connectivity index (χ0n) is 15.6. The van der Waals surface area contributed by atoms with Crippen molar-refractivity contribution in [2.75, 3.05) is 10.6 Å². The van der Waals surface area contributed by atoms with Crippen molar-refractivity contribution in [2.24, 2.45) is 0 Å². The maximum atomic E-state index is 12.6. The van der Waals surface area contributed by atoms with Crippen molar-refractivity contribution in [2.45, 2.75) is 6.42 Å². The molecule has 0 heterocycles. The second-order valence-corrected chi connectivity index (χ2v) is 6.01. The summed E-state index contributed by atoms with van der Waals surface area (Å²) in [5.41, 5.74) is 4.68. The standard InChI is InChI=1S/C23H20N4O2/c28-22(24-20-14-6-2-7-15-20)26-27(18-10-13-19-11-4-1-5-12-19)23(29)25-21-16-8-3-9-17-21/h1-9,11-12,14-17H,13H2,(H,25,29)(H2,24,26,28). The summed E-state index contributed by atoms with van der Waals surface area (Å²) < 4.78 is 0. The minimum absolute atomic E-state index is 0.442. The van der Waals surface area contributed by atoms with E-state index in [0.29, 0.717) is 17.8 Å². The molecule has 0 aliphatic heterocycles. The molecule has 0 fully saturated rings. The summed E-state index contributed by atoms with van der Waals surface area (Å²) in [6.07, 6.45) is 0.442. The number of rotatable bonds is 3. The van der Waals surface area contributed by atoms with Gasteiger partial charge in [0.1, 0.15) is 0 Å². The van der Waals surface area contributed by atoms with Gasteiger partial charge < -0.3 is 10.6 Å². The van der Waals surface area contributed by atoms with Crippen molar-refractivity contribution in [3.8, 4) is 12.0 Å². The minimum Gasteiger partial charge on any atom is -0.307 e. The lowest BCUT2D eigenvalue weighted by Gasteiger charge is -2.18. The van der Waals surface area contributed by atoms with Crippen LogP contribution in [-0.4, -0.2) is 17.1 Å². The summed E-state index contributed by atoms with van der Waals surface area (Å²) in [5, 5.41) is 6.30. The highest BCUT2D eigenvalue weighted by Crippen LogP contribution is 2.07. The van der Waals surface area contributed by atoms with E-state index in [2.05, 4.69) is 28.0 Å². The predicted molar refractivity (Wildman–Crippen MR) is 114 cm³/mol. The highest BCUT2D eigenvalue weighted by molar-refractivity contribution is 5.95. The number of benzene rings is 3. The number of amides is 4. The third-order valence-corrected chi connectivity index (χ3v) is 3.80. The SMILES string of the molecule is O=C(Nc1ccccc1)NN(C#CCc1ccccc1)C(=O)Nc1ccccc1. The van der Waals surface area contributed by atoms with Crippen LogP contribution in [0.5, 0.6) is 0 Å². The Labute approximate surface area is 169 Å². The first-order valence-corrected chi connectivity index (χ1v) is 9.02. The van der Waals surface area contributed by atoms with Crippen LogP contribution >= 0.6 is 0 Å². The Hall–Kier alpha value is -4.24. The van der Waals surface area contributed by atoms with E-state index >= 15 is 0 Å². The van der Waals surface area contributed by atoms with Gasteiger partial charge in [-0.2, -0.15) is 5.01 Å². The molecule has 0 unspecified atom stereocenters.